The van der Waals surface area contributed by atoms with Gasteiger partial charge < -0.3 is 9.64 Å². The zero-order chi connectivity index (χ0) is 13.5. The number of carbonyl (C=O) groups excluding carboxylic acids is 1. The number of hydrogen-bond donors (Lipinski definition) is 0. The normalized spacial score (nSPS) is 17.5. The number of carbonyl (C=O) groups is 1. The second kappa shape index (κ2) is 7.41. The van der Waals surface area contributed by atoms with Crippen molar-refractivity contribution in [1.29, 1.82) is 0 Å². The Morgan fingerprint density at radius 1 is 1.26 bits per heavy atom. The molecule has 3 nitrogen and oxygen atoms in total. The lowest BCUT2D eigenvalue weighted by molar-refractivity contribution is 0.0406. The number of ether oxygens (including phenoxy) is 1. The van der Waals surface area contributed by atoms with Gasteiger partial charge in [0.25, 0.3) is 0 Å². The molecule has 1 saturated heterocycles. The van der Waals surface area contributed by atoms with E-state index in [2.05, 4.69) is 4.90 Å². The van der Waals surface area contributed by atoms with Gasteiger partial charge in [0.2, 0.25) is 0 Å². The second-order valence-electron chi connectivity index (χ2n) is 5.17. The van der Waals surface area contributed by atoms with Crippen molar-refractivity contribution in [3.8, 4) is 0 Å². The quantitative estimate of drug-likeness (QED) is 0.737. The highest BCUT2D eigenvalue weighted by Gasteiger charge is 2.18. The summed E-state index contributed by atoms with van der Waals surface area (Å²) in [7, 11) is 1.79. The number of nitrogens with zero attached hydrogens (tertiary/aromatic N) is 1. The molecule has 0 amide bonds. The van der Waals surface area contributed by atoms with Crippen LogP contribution in [0.2, 0.25) is 0 Å². The molecule has 1 aliphatic heterocycles. The van der Waals surface area contributed by atoms with Crippen molar-refractivity contribution in [3.05, 3.63) is 35.9 Å². The minimum Gasteiger partial charge on any atom is -0.381 e. The topological polar surface area (TPSA) is 29.5 Å². The third-order valence-electron chi connectivity index (χ3n) is 3.84. The largest absolute Gasteiger partial charge is 0.381 e. The first-order chi connectivity index (χ1) is 9.29. The fraction of sp³-hybridized carbons (Fsp3) is 0.562. The minimum atomic E-state index is 0.257. The number of piperidine rings is 1. The number of Topliss-reactive ketones (excluding diaryl/α,β-unsaturated/α-hetero) is 1. The molecule has 3 heteroatoms. The molecule has 104 valence electrons. The van der Waals surface area contributed by atoms with E-state index in [1.54, 1.807) is 7.11 Å². The van der Waals surface area contributed by atoms with Crippen LogP contribution >= 0.6 is 0 Å². The number of methoxy groups -OCH3 is 1. The van der Waals surface area contributed by atoms with Gasteiger partial charge in [-0.15, -0.1) is 0 Å². The zero-order valence-electron chi connectivity index (χ0n) is 11.7. The standard InChI is InChI=1S/C16H23NO2/c1-19-15-9-12-17(13-10-15)11-5-8-16(18)14-6-3-2-4-7-14/h2-4,6-7,15H,5,8-13H2,1H3. The van der Waals surface area contributed by atoms with Gasteiger partial charge in [-0.05, 0) is 25.8 Å². The first-order valence-electron chi connectivity index (χ1n) is 7.13. The summed E-state index contributed by atoms with van der Waals surface area (Å²) in [6, 6.07) is 9.57. The molecule has 0 spiro atoms. The predicted octanol–water partition coefficient (Wildman–Crippen LogP) is 2.76. The molecule has 0 N–H and O–H groups in total. The molecule has 1 aromatic carbocycles. The molecule has 2 rings (SSSR count). The monoisotopic (exact) mass is 261 g/mol. The predicted molar refractivity (Wildman–Crippen MR) is 76.5 cm³/mol. The van der Waals surface area contributed by atoms with Crippen LogP contribution in [0, 0.1) is 0 Å². The average Bonchev–Trinajstić information content (AvgIpc) is 2.49. The highest BCUT2D eigenvalue weighted by atomic mass is 16.5. The Balaban J connectivity index is 1.66. The summed E-state index contributed by atoms with van der Waals surface area (Å²) in [6.07, 6.45) is 4.26. The lowest BCUT2D eigenvalue weighted by atomic mass is 10.0. The summed E-state index contributed by atoms with van der Waals surface area (Å²) in [4.78, 5) is 14.4. The van der Waals surface area contributed by atoms with Gasteiger partial charge >= 0.3 is 0 Å². The molecule has 0 radical (unpaired) electrons. The van der Waals surface area contributed by atoms with Crippen LogP contribution in [-0.2, 0) is 4.74 Å². The Hall–Kier alpha value is -1.19. The summed E-state index contributed by atoms with van der Waals surface area (Å²) in [5.74, 6) is 0.257. The van der Waals surface area contributed by atoms with Gasteiger partial charge in [-0.2, -0.15) is 0 Å². The lowest BCUT2D eigenvalue weighted by Gasteiger charge is -2.31. The van der Waals surface area contributed by atoms with Crippen molar-refractivity contribution in [2.75, 3.05) is 26.7 Å². The second-order valence-corrected chi connectivity index (χ2v) is 5.17. The van der Waals surface area contributed by atoms with Gasteiger partial charge in [-0.3, -0.25) is 4.79 Å². The van der Waals surface area contributed by atoms with E-state index in [1.165, 1.54) is 0 Å². The van der Waals surface area contributed by atoms with Crippen molar-refractivity contribution in [2.24, 2.45) is 0 Å². The Morgan fingerprint density at radius 2 is 1.95 bits per heavy atom. The smallest absolute Gasteiger partial charge is 0.162 e. The molecule has 1 aliphatic rings. The number of ketones is 1. The van der Waals surface area contributed by atoms with Crippen LogP contribution in [0.4, 0.5) is 0 Å². The maximum absolute atomic E-state index is 11.9. The SMILES string of the molecule is COC1CCN(CCCC(=O)c2ccccc2)CC1. The van der Waals surface area contributed by atoms with Crippen molar-refractivity contribution in [2.45, 2.75) is 31.8 Å². The molecule has 0 aliphatic carbocycles. The van der Waals surface area contributed by atoms with Gasteiger partial charge in [0.1, 0.15) is 0 Å². The summed E-state index contributed by atoms with van der Waals surface area (Å²) in [5.41, 5.74) is 0.834. The Morgan fingerprint density at radius 3 is 2.58 bits per heavy atom. The minimum absolute atomic E-state index is 0.257. The molecule has 0 unspecified atom stereocenters. The average molecular weight is 261 g/mol. The first kappa shape index (κ1) is 14.2. The molecule has 1 heterocycles. The number of benzene rings is 1. The van der Waals surface area contributed by atoms with E-state index in [-0.39, 0.29) is 5.78 Å². The van der Waals surface area contributed by atoms with E-state index in [1.807, 2.05) is 30.3 Å². The molecule has 19 heavy (non-hydrogen) atoms. The number of likely N-dealkylation sites (tertiary alicyclic amines) is 1. The highest BCUT2D eigenvalue weighted by Crippen LogP contribution is 2.14. The van der Waals surface area contributed by atoms with E-state index in [4.69, 9.17) is 4.74 Å². The van der Waals surface area contributed by atoms with E-state index < -0.39 is 0 Å². The molecule has 0 bridgehead atoms. The van der Waals surface area contributed by atoms with Gasteiger partial charge in [0, 0.05) is 32.2 Å². The molecular formula is C16H23NO2. The first-order valence-corrected chi connectivity index (χ1v) is 7.13. The van der Waals surface area contributed by atoms with Crippen LogP contribution in [0.25, 0.3) is 0 Å². The van der Waals surface area contributed by atoms with Crippen molar-refractivity contribution < 1.29 is 9.53 Å². The third kappa shape index (κ3) is 4.44. The molecule has 1 aromatic rings. The van der Waals surface area contributed by atoms with Crippen molar-refractivity contribution >= 4 is 5.78 Å². The zero-order valence-corrected chi connectivity index (χ0v) is 11.7. The maximum Gasteiger partial charge on any atom is 0.162 e. The molecule has 1 fully saturated rings. The van der Waals surface area contributed by atoms with Gasteiger partial charge in [-0.1, -0.05) is 30.3 Å². The summed E-state index contributed by atoms with van der Waals surface area (Å²) in [6.45, 7) is 3.21. The Kier molecular flexibility index (Phi) is 5.55. The van der Waals surface area contributed by atoms with E-state index in [0.717, 1.165) is 44.5 Å². The van der Waals surface area contributed by atoms with Crippen molar-refractivity contribution in [1.82, 2.24) is 4.90 Å². The number of rotatable bonds is 6. The fourth-order valence-corrected chi connectivity index (χ4v) is 2.60. The van der Waals surface area contributed by atoms with E-state index in [0.29, 0.717) is 12.5 Å². The maximum atomic E-state index is 11.9. The number of hydrogen-bond acceptors (Lipinski definition) is 3. The van der Waals surface area contributed by atoms with E-state index in [9.17, 15) is 4.79 Å². The van der Waals surface area contributed by atoms with Gasteiger partial charge in [0.15, 0.2) is 5.78 Å². The van der Waals surface area contributed by atoms with E-state index >= 15 is 0 Å². The highest BCUT2D eigenvalue weighted by molar-refractivity contribution is 5.95. The third-order valence-corrected chi connectivity index (χ3v) is 3.84. The summed E-state index contributed by atoms with van der Waals surface area (Å²) < 4.78 is 5.36. The Labute approximate surface area is 115 Å². The van der Waals surface area contributed by atoms with Crippen molar-refractivity contribution in [3.63, 3.8) is 0 Å². The van der Waals surface area contributed by atoms with Crippen LogP contribution in [0.3, 0.4) is 0 Å². The van der Waals surface area contributed by atoms with Crippen LogP contribution in [0.1, 0.15) is 36.0 Å². The fourth-order valence-electron chi connectivity index (χ4n) is 2.60. The van der Waals surface area contributed by atoms with Gasteiger partial charge in [-0.25, -0.2) is 0 Å². The summed E-state index contributed by atoms with van der Waals surface area (Å²) >= 11 is 0. The van der Waals surface area contributed by atoms with Crippen LogP contribution < -0.4 is 0 Å². The molecular weight excluding hydrogens is 238 g/mol. The molecule has 0 aromatic heterocycles. The molecule has 0 atom stereocenters. The Bertz CT molecular complexity index is 383. The van der Waals surface area contributed by atoms with Gasteiger partial charge in [0.05, 0.1) is 6.10 Å². The molecule has 0 saturated carbocycles. The van der Waals surface area contributed by atoms with Crippen LogP contribution in [0.5, 0.6) is 0 Å². The lowest BCUT2D eigenvalue weighted by Crippen LogP contribution is -2.37. The van der Waals surface area contributed by atoms with Crippen LogP contribution in [0.15, 0.2) is 30.3 Å². The van der Waals surface area contributed by atoms with Crippen LogP contribution in [-0.4, -0.2) is 43.5 Å². The summed E-state index contributed by atoms with van der Waals surface area (Å²) in [5, 5.41) is 0.